The van der Waals surface area contributed by atoms with Crippen molar-refractivity contribution in [3.63, 3.8) is 0 Å². The molecule has 5 heteroatoms. The Hall–Kier alpha value is -1.20. The Morgan fingerprint density at radius 1 is 1.56 bits per heavy atom. The molecular weight excluding hydrogens is 224 g/mol. The summed E-state index contributed by atoms with van der Waals surface area (Å²) in [6, 6.07) is 7.52. The molecule has 1 unspecified atom stereocenters. The molecule has 88 valence electrons. The molecule has 1 aromatic carbocycles. The smallest absolute Gasteiger partial charge is 0.170 e. The summed E-state index contributed by atoms with van der Waals surface area (Å²) in [6.45, 7) is 2.14. The summed E-state index contributed by atoms with van der Waals surface area (Å²) in [7, 11) is 0. The predicted octanol–water partition coefficient (Wildman–Crippen LogP) is 1.40. The van der Waals surface area contributed by atoms with Gasteiger partial charge in [0.1, 0.15) is 0 Å². The highest BCUT2D eigenvalue weighted by Crippen LogP contribution is 2.18. The van der Waals surface area contributed by atoms with E-state index in [4.69, 9.17) is 16.0 Å². The minimum absolute atomic E-state index is 0.113. The average Bonchev–Trinajstić information content (AvgIpc) is 2.35. The van der Waals surface area contributed by atoms with Crippen LogP contribution >= 0.6 is 11.8 Å². The molecule has 0 aromatic heterocycles. The van der Waals surface area contributed by atoms with Gasteiger partial charge in [-0.2, -0.15) is 11.8 Å². The monoisotopic (exact) mass is 240 g/mol. The molecule has 4 N–H and O–H groups in total. The maximum atomic E-state index is 8.90. The Morgan fingerprint density at radius 3 is 2.94 bits per heavy atom. The summed E-state index contributed by atoms with van der Waals surface area (Å²) < 4.78 is 0. The molecule has 0 aliphatic carbocycles. The lowest BCUT2D eigenvalue weighted by molar-refractivity contribution is 0.300. The summed E-state index contributed by atoms with van der Waals surface area (Å²) in [5.41, 5.74) is 7.30. The van der Waals surface area contributed by atoms with Gasteiger partial charge >= 0.3 is 0 Å². The predicted molar refractivity (Wildman–Crippen MR) is 66.8 cm³/mol. The van der Waals surface area contributed by atoms with Gasteiger partial charge in [-0.1, -0.05) is 30.3 Å². The highest BCUT2D eigenvalue weighted by molar-refractivity contribution is 7.99. The van der Waals surface area contributed by atoms with Gasteiger partial charge in [-0.05, 0) is 11.6 Å². The third-order valence-corrected chi connectivity index (χ3v) is 3.34. The number of aliphatic hydroxyl groups excluding tert-OH is 1. The van der Waals surface area contributed by atoms with Crippen molar-refractivity contribution >= 4 is 17.6 Å². The molecule has 16 heavy (non-hydrogen) atoms. The van der Waals surface area contributed by atoms with Gasteiger partial charge in [-0.3, -0.25) is 0 Å². The Labute approximate surface area is 99.2 Å². The third kappa shape index (κ3) is 3.75. The number of benzene rings is 1. The lowest BCUT2D eigenvalue weighted by Crippen LogP contribution is -2.13. The number of hydrogen-bond acceptors (Lipinski definition) is 4. The zero-order valence-electron chi connectivity index (χ0n) is 9.13. The van der Waals surface area contributed by atoms with Crippen LogP contribution < -0.4 is 5.73 Å². The molecule has 0 bridgehead atoms. The number of hydrogen-bond donors (Lipinski definition) is 3. The molecule has 0 radical (unpaired) electrons. The van der Waals surface area contributed by atoms with E-state index < -0.39 is 0 Å². The van der Waals surface area contributed by atoms with Gasteiger partial charge in [0.25, 0.3) is 0 Å². The van der Waals surface area contributed by atoms with Gasteiger partial charge in [-0.15, -0.1) is 0 Å². The fourth-order valence-corrected chi connectivity index (χ4v) is 1.93. The van der Waals surface area contributed by atoms with E-state index in [0.717, 1.165) is 11.3 Å². The minimum Gasteiger partial charge on any atom is -0.409 e. The van der Waals surface area contributed by atoms with Gasteiger partial charge < -0.3 is 16.0 Å². The second-order valence-corrected chi connectivity index (χ2v) is 4.92. The van der Waals surface area contributed by atoms with E-state index in [1.165, 1.54) is 0 Å². The Balaban J connectivity index is 2.68. The van der Waals surface area contributed by atoms with E-state index in [1.807, 2.05) is 25.1 Å². The number of thioether (sulfide) groups is 1. The molecule has 0 spiro atoms. The maximum absolute atomic E-state index is 8.90. The van der Waals surface area contributed by atoms with E-state index in [-0.39, 0.29) is 17.7 Å². The van der Waals surface area contributed by atoms with Crippen LogP contribution in [-0.2, 0) is 5.75 Å². The largest absolute Gasteiger partial charge is 0.409 e. The van der Waals surface area contributed by atoms with Crippen LogP contribution in [-0.4, -0.2) is 28.0 Å². The number of oxime groups is 1. The molecule has 1 aromatic rings. The van der Waals surface area contributed by atoms with Crippen LogP contribution in [0, 0.1) is 0 Å². The van der Waals surface area contributed by atoms with Crippen LogP contribution in [0.25, 0.3) is 0 Å². The van der Waals surface area contributed by atoms with E-state index in [0.29, 0.717) is 5.56 Å². The topological polar surface area (TPSA) is 78.8 Å². The fraction of sp³-hybridized carbons (Fsp3) is 0.364. The molecule has 0 aliphatic heterocycles. The van der Waals surface area contributed by atoms with E-state index in [1.54, 1.807) is 17.8 Å². The lowest BCUT2D eigenvalue weighted by atomic mass is 10.1. The third-order valence-electron chi connectivity index (χ3n) is 2.12. The zero-order chi connectivity index (χ0) is 12.0. The van der Waals surface area contributed by atoms with Gasteiger partial charge in [0, 0.05) is 16.6 Å². The highest BCUT2D eigenvalue weighted by atomic mass is 32.2. The average molecular weight is 240 g/mol. The molecule has 0 saturated heterocycles. The van der Waals surface area contributed by atoms with Gasteiger partial charge in [0.2, 0.25) is 0 Å². The number of aliphatic hydroxyl groups is 1. The summed E-state index contributed by atoms with van der Waals surface area (Å²) >= 11 is 1.66. The second kappa shape index (κ2) is 6.40. The van der Waals surface area contributed by atoms with Crippen molar-refractivity contribution in [2.75, 3.05) is 6.61 Å². The molecule has 0 aliphatic rings. The first-order chi connectivity index (χ1) is 7.67. The van der Waals surface area contributed by atoms with Gasteiger partial charge in [-0.25, -0.2) is 0 Å². The van der Waals surface area contributed by atoms with Crippen LogP contribution in [0.3, 0.4) is 0 Å². The SMILES string of the molecule is CC(CO)SCc1cccc(/C(N)=N/O)c1. The number of nitrogens with zero attached hydrogens (tertiary/aromatic N) is 1. The van der Waals surface area contributed by atoms with Gasteiger partial charge in [0.15, 0.2) is 5.84 Å². The minimum atomic E-state index is 0.113. The molecule has 0 saturated carbocycles. The van der Waals surface area contributed by atoms with E-state index >= 15 is 0 Å². The zero-order valence-corrected chi connectivity index (χ0v) is 9.94. The second-order valence-electron chi connectivity index (χ2n) is 3.49. The summed E-state index contributed by atoms with van der Waals surface area (Å²) in [5.74, 6) is 0.913. The van der Waals surface area contributed by atoms with Crippen molar-refractivity contribution in [2.24, 2.45) is 10.9 Å². The molecule has 0 amide bonds. The van der Waals surface area contributed by atoms with Crippen molar-refractivity contribution < 1.29 is 10.3 Å². The van der Waals surface area contributed by atoms with E-state index in [9.17, 15) is 0 Å². The van der Waals surface area contributed by atoms with Crippen LogP contribution in [0.2, 0.25) is 0 Å². The first kappa shape index (κ1) is 12.9. The van der Waals surface area contributed by atoms with Crippen LogP contribution in [0.1, 0.15) is 18.1 Å². The van der Waals surface area contributed by atoms with Crippen molar-refractivity contribution in [3.05, 3.63) is 35.4 Å². The Bertz CT molecular complexity index is 369. The first-order valence-electron chi connectivity index (χ1n) is 4.96. The molecule has 4 nitrogen and oxygen atoms in total. The summed E-state index contributed by atoms with van der Waals surface area (Å²) in [6.07, 6.45) is 0. The van der Waals surface area contributed by atoms with Crippen LogP contribution in [0.15, 0.2) is 29.4 Å². The van der Waals surface area contributed by atoms with Crippen molar-refractivity contribution in [1.82, 2.24) is 0 Å². The van der Waals surface area contributed by atoms with Crippen molar-refractivity contribution in [2.45, 2.75) is 17.9 Å². The Morgan fingerprint density at radius 2 is 2.31 bits per heavy atom. The fourth-order valence-electron chi connectivity index (χ4n) is 1.17. The van der Waals surface area contributed by atoms with E-state index in [2.05, 4.69) is 5.16 Å². The number of rotatable bonds is 5. The molecule has 1 rings (SSSR count). The Kier molecular flexibility index (Phi) is 5.14. The molecular formula is C11H16N2O2S. The summed E-state index contributed by atoms with van der Waals surface area (Å²) in [4.78, 5) is 0. The molecule has 0 fully saturated rings. The number of nitrogens with two attached hydrogens (primary N) is 1. The van der Waals surface area contributed by atoms with Crippen molar-refractivity contribution in [3.8, 4) is 0 Å². The molecule has 0 heterocycles. The first-order valence-corrected chi connectivity index (χ1v) is 6.01. The van der Waals surface area contributed by atoms with Crippen LogP contribution in [0.4, 0.5) is 0 Å². The number of amidine groups is 1. The van der Waals surface area contributed by atoms with Gasteiger partial charge in [0.05, 0.1) is 6.61 Å². The maximum Gasteiger partial charge on any atom is 0.170 e. The van der Waals surface area contributed by atoms with Crippen LogP contribution in [0.5, 0.6) is 0 Å². The van der Waals surface area contributed by atoms with Crippen molar-refractivity contribution in [1.29, 1.82) is 0 Å². The normalized spacial score (nSPS) is 13.8. The quantitative estimate of drug-likeness (QED) is 0.314. The summed E-state index contributed by atoms with van der Waals surface area (Å²) in [5, 5.41) is 20.6. The lowest BCUT2D eigenvalue weighted by Gasteiger charge is -2.08. The highest BCUT2D eigenvalue weighted by Gasteiger charge is 2.03. The standard InChI is InChI=1S/C11H16N2O2S/c1-8(6-14)16-7-9-3-2-4-10(5-9)11(12)13-15/h2-5,8,14-15H,6-7H2,1H3,(H2,12,13). The molecule has 1 atom stereocenters.